The van der Waals surface area contributed by atoms with Gasteiger partial charge in [-0.3, -0.25) is 14.5 Å². The minimum atomic E-state index is -0.0782. The topological polar surface area (TPSA) is 67.9 Å². The molecule has 7 nitrogen and oxygen atoms in total. The van der Waals surface area contributed by atoms with E-state index in [4.69, 9.17) is 0 Å². The highest BCUT2D eigenvalue weighted by Gasteiger charge is 2.34. The molecule has 7 heteroatoms. The van der Waals surface area contributed by atoms with E-state index in [0.717, 1.165) is 82.9 Å². The number of fused-ring (bicyclic) bond motifs is 3. The standard InChI is InChI=1S/C27H35N5O2/c33-26(22-10-11-24-23(19-22)29-27(34)25-9-4-5-14-32(24)25)28-12-6-13-30-15-17-31(18-16-30)20-21-7-2-1-3-8-21/h1-3,7-8,10-11,19,25H,4-6,9,12-18,20H2,(H,28,33)(H,29,34)/t25-/m0/s1. The third-order valence-corrected chi connectivity index (χ3v) is 7.28. The minimum Gasteiger partial charge on any atom is -0.358 e. The highest BCUT2D eigenvalue weighted by Crippen LogP contribution is 2.36. The van der Waals surface area contributed by atoms with Gasteiger partial charge in [-0.2, -0.15) is 0 Å². The molecule has 0 spiro atoms. The molecule has 2 aromatic rings. The molecule has 5 rings (SSSR count). The van der Waals surface area contributed by atoms with E-state index < -0.39 is 0 Å². The molecule has 0 unspecified atom stereocenters. The van der Waals surface area contributed by atoms with Gasteiger partial charge in [-0.25, -0.2) is 0 Å². The van der Waals surface area contributed by atoms with Crippen LogP contribution in [0, 0.1) is 0 Å². The first kappa shape index (κ1) is 22.9. The molecule has 2 N–H and O–H groups in total. The fourth-order valence-corrected chi connectivity index (χ4v) is 5.36. The van der Waals surface area contributed by atoms with E-state index in [9.17, 15) is 9.59 Å². The number of rotatable bonds is 7. The van der Waals surface area contributed by atoms with Crippen molar-refractivity contribution in [1.29, 1.82) is 0 Å². The van der Waals surface area contributed by atoms with Crippen LogP contribution in [0.1, 0.15) is 41.6 Å². The summed E-state index contributed by atoms with van der Waals surface area (Å²) in [7, 11) is 0. The fraction of sp³-hybridized carbons (Fsp3) is 0.481. The van der Waals surface area contributed by atoms with Crippen molar-refractivity contribution in [3.05, 3.63) is 59.7 Å². The largest absolute Gasteiger partial charge is 0.358 e. The monoisotopic (exact) mass is 461 g/mol. The highest BCUT2D eigenvalue weighted by atomic mass is 16.2. The van der Waals surface area contributed by atoms with Gasteiger partial charge in [0.25, 0.3) is 5.91 Å². The summed E-state index contributed by atoms with van der Waals surface area (Å²) in [5.74, 6) is -0.0286. The minimum absolute atomic E-state index is 0.0497. The van der Waals surface area contributed by atoms with Crippen LogP contribution in [-0.4, -0.2) is 73.5 Å². The normalized spacial score (nSPS) is 20.9. The lowest BCUT2D eigenvalue weighted by molar-refractivity contribution is -0.118. The van der Waals surface area contributed by atoms with Crippen molar-refractivity contribution in [2.24, 2.45) is 0 Å². The van der Waals surface area contributed by atoms with Crippen LogP contribution in [0.25, 0.3) is 0 Å². The molecule has 34 heavy (non-hydrogen) atoms. The van der Waals surface area contributed by atoms with Crippen molar-refractivity contribution in [3.63, 3.8) is 0 Å². The maximum atomic E-state index is 12.7. The number of amides is 2. The zero-order valence-electron chi connectivity index (χ0n) is 19.8. The van der Waals surface area contributed by atoms with Crippen LogP contribution >= 0.6 is 0 Å². The van der Waals surface area contributed by atoms with E-state index in [-0.39, 0.29) is 17.9 Å². The Bertz CT molecular complexity index is 1000. The summed E-state index contributed by atoms with van der Waals surface area (Å²) in [6.45, 7) is 7.88. The molecular weight excluding hydrogens is 426 g/mol. The molecule has 1 atom stereocenters. The second-order valence-electron chi connectivity index (χ2n) is 9.64. The Morgan fingerprint density at radius 1 is 0.971 bits per heavy atom. The Hall–Kier alpha value is -2.90. The molecule has 2 fully saturated rings. The van der Waals surface area contributed by atoms with E-state index in [1.807, 2.05) is 18.2 Å². The number of nitrogens with one attached hydrogen (secondary N) is 2. The third kappa shape index (κ3) is 5.26. The quantitative estimate of drug-likeness (QED) is 0.621. The number of benzene rings is 2. The van der Waals surface area contributed by atoms with E-state index in [2.05, 4.69) is 55.7 Å². The number of piperidine rings is 1. The summed E-state index contributed by atoms with van der Waals surface area (Å²) in [5.41, 5.74) is 3.76. The van der Waals surface area contributed by atoms with Crippen molar-refractivity contribution >= 4 is 23.2 Å². The average molecular weight is 462 g/mol. The summed E-state index contributed by atoms with van der Waals surface area (Å²) in [6.07, 6.45) is 4.03. The van der Waals surface area contributed by atoms with Gasteiger partial charge in [-0.15, -0.1) is 0 Å². The molecule has 0 radical (unpaired) electrons. The van der Waals surface area contributed by atoms with Gasteiger partial charge in [0.05, 0.1) is 11.4 Å². The summed E-state index contributed by atoms with van der Waals surface area (Å²) >= 11 is 0. The van der Waals surface area contributed by atoms with Gasteiger partial charge in [-0.05, 0) is 56.0 Å². The maximum Gasteiger partial charge on any atom is 0.251 e. The van der Waals surface area contributed by atoms with Crippen molar-refractivity contribution in [2.75, 3.05) is 56.0 Å². The number of hydrogen-bond acceptors (Lipinski definition) is 5. The lowest BCUT2D eigenvalue weighted by Crippen LogP contribution is -2.50. The van der Waals surface area contributed by atoms with Gasteiger partial charge in [-0.1, -0.05) is 30.3 Å². The van der Waals surface area contributed by atoms with E-state index >= 15 is 0 Å². The Morgan fingerprint density at radius 2 is 1.76 bits per heavy atom. The molecule has 2 saturated heterocycles. The Balaban J connectivity index is 1.05. The first-order valence-electron chi connectivity index (χ1n) is 12.7. The molecular formula is C27H35N5O2. The van der Waals surface area contributed by atoms with Crippen LogP contribution in [0.2, 0.25) is 0 Å². The average Bonchev–Trinajstić information content (AvgIpc) is 2.88. The van der Waals surface area contributed by atoms with Crippen LogP contribution in [0.15, 0.2) is 48.5 Å². The van der Waals surface area contributed by atoms with Crippen LogP contribution in [0.5, 0.6) is 0 Å². The van der Waals surface area contributed by atoms with Crippen molar-refractivity contribution in [3.8, 4) is 0 Å². The maximum absolute atomic E-state index is 12.7. The molecule has 3 aliphatic rings. The lowest BCUT2D eigenvalue weighted by atomic mass is 9.97. The van der Waals surface area contributed by atoms with Gasteiger partial charge in [0.2, 0.25) is 5.91 Å². The predicted molar refractivity (Wildman–Crippen MR) is 135 cm³/mol. The van der Waals surface area contributed by atoms with Gasteiger partial charge in [0, 0.05) is 51.4 Å². The molecule has 0 aromatic heterocycles. The van der Waals surface area contributed by atoms with Gasteiger partial charge in [0.1, 0.15) is 6.04 Å². The molecule has 180 valence electrons. The fourth-order valence-electron chi connectivity index (χ4n) is 5.36. The van der Waals surface area contributed by atoms with Crippen molar-refractivity contribution in [1.82, 2.24) is 15.1 Å². The lowest BCUT2D eigenvalue weighted by Gasteiger charge is -2.41. The van der Waals surface area contributed by atoms with Crippen LogP contribution < -0.4 is 15.5 Å². The smallest absolute Gasteiger partial charge is 0.251 e. The van der Waals surface area contributed by atoms with E-state index in [0.29, 0.717) is 12.1 Å². The highest BCUT2D eigenvalue weighted by molar-refractivity contribution is 6.05. The Kier molecular flexibility index (Phi) is 7.11. The summed E-state index contributed by atoms with van der Waals surface area (Å²) in [5, 5.41) is 6.06. The molecule has 3 heterocycles. The van der Waals surface area contributed by atoms with Gasteiger partial charge in [0.15, 0.2) is 0 Å². The molecule has 0 bridgehead atoms. The summed E-state index contributed by atoms with van der Waals surface area (Å²) in [4.78, 5) is 32.4. The SMILES string of the molecule is O=C(NCCCN1CCN(Cc2ccccc2)CC1)c1ccc2c(c1)NC(=O)[C@@H]1CCCCN21. The first-order chi connectivity index (χ1) is 16.7. The number of hydrogen-bond donors (Lipinski definition) is 2. The van der Waals surface area contributed by atoms with Crippen LogP contribution in [-0.2, 0) is 11.3 Å². The van der Waals surface area contributed by atoms with Crippen molar-refractivity contribution in [2.45, 2.75) is 38.3 Å². The first-order valence-corrected chi connectivity index (χ1v) is 12.7. The zero-order valence-corrected chi connectivity index (χ0v) is 19.8. The predicted octanol–water partition coefficient (Wildman–Crippen LogP) is 2.94. The third-order valence-electron chi connectivity index (χ3n) is 7.28. The second-order valence-corrected chi connectivity index (χ2v) is 9.64. The number of nitrogens with zero attached hydrogens (tertiary/aromatic N) is 3. The van der Waals surface area contributed by atoms with Crippen molar-refractivity contribution < 1.29 is 9.59 Å². The molecule has 0 saturated carbocycles. The second kappa shape index (κ2) is 10.6. The Labute approximate surface area is 202 Å². The van der Waals surface area contributed by atoms with Crippen LogP contribution in [0.3, 0.4) is 0 Å². The van der Waals surface area contributed by atoms with Crippen LogP contribution in [0.4, 0.5) is 11.4 Å². The van der Waals surface area contributed by atoms with E-state index in [1.165, 1.54) is 5.56 Å². The number of carbonyl (C=O) groups is 2. The van der Waals surface area contributed by atoms with E-state index in [1.54, 1.807) is 0 Å². The molecule has 2 aromatic carbocycles. The molecule has 0 aliphatic carbocycles. The van der Waals surface area contributed by atoms with Gasteiger partial charge < -0.3 is 20.4 Å². The zero-order chi connectivity index (χ0) is 23.3. The molecule has 2 amide bonds. The van der Waals surface area contributed by atoms with Gasteiger partial charge >= 0.3 is 0 Å². The number of piperazine rings is 1. The summed E-state index contributed by atoms with van der Waals surface area (Å²) in [6, 6.07) is 16.3. The Morgan fingerprint density at radius 3 is 2.59 bits per heavy atom. The number of carbonyl (C=O) groups excluding carboxylic acids is 2. The number of anilines is 2. The molecule has 3 aliphatic heterocycles. The summed E-state index contributed by atoms with van der Waals surface area (Å²) < 4.78 is 0.